The SMILES string of the molecule is Cc1cc(O[C@H]2CN(c3ncnc4c3sc3nnc(C)c(C)c34)C[C@@H]2C)ccn1. The molecule has 4 aromatic rings. The van der Waals surface area contributed by atoms with E-state index in [1.807, 2.05) is 26.0 Å². The Morgan fingerprint density at radius 3 is 2.79 bits per heavy atom. The highest BCUT2D eigenvalue weighted by molar-refractivity contribution is 7.26. The normalized spacial score (nSPS) is 19.4. The summed E-state index contributed by atoms with van der Waals surface area (Å²) in [5, 5.41) is 9.76. The van der Waals surface area contributed by atoms with E-state index in [1.165, 1.54) is 0 Å². The number of nitrogens with zero attached hydrogens (tertiary/aromatic N) is 6. The number of aryl methyl sites for hydroxylation is 3. The van der Waals surface area contributed by atoms with Gasteiger partial charge in [-0.15, -0.1) is 16.4 Å². The zero-order chi connectivity index (χ0) is 20.1. The summed E-state index contributed by atoms with van der Waals surface area (Å²) in [6.45, 7) is 9.94. The number of anilines is 1. The Morgan fingerprint density at radius 2 is 1.97 bits per heavy atom. The van der Waals surface area contributed by atoms with Crippen LogP contribution in [0.15, 0.2) is 24.7 Å². The maximum absolute atomic E-state index is 6.28. The second-order valence-electron chi connectivity index (χ2n) is 7.74. The quantitative estimate of drug-likeness (QED) is 0.511. The fourth-order valence-corrected chi connectivity index (χ4v) is 5.08. The smallest absolute Gasteiger partial charge is 0.150 e. The van der Waals surface area contributed by atoms with Gasteiger partial charge in [0, 0.05) is 35.8 Å². The molecular weight excluding hydrogens is 384 g/mol. The molecule has 1 aliphatic rings. The van der Waals surface area contributed by atoms with Crippen LogP contribution in [0.3, 0.4) is 0 Å². The summed E-state index contributed by atoms with van der Waals surface area (Å²) in [7, 11) is 0. The number of thiophene rings is 1. The summed E-state index contributed by atoms with van der Waals surface area (Å²) < 4.78 is 7.35. The average Bonchev–Trinajstić information content (AvgIpc) is 3.25. The Balaban J connectivity index is 1.50. The number of pyridine rings is 1. The third-order valence-corrected chi connectivity index (χ3v) is 6.70. The molecule has 29 heavy (non-hydrogen) atoms. The van der Waals surface area contributed by atoms with E-state index in [2.05, 4.69) is 43.9 Å². The minimum absolute atomic E-state index is 0.0972. The summed E-state index contributed by atoms with van der Waals surface area (Å²) >= 11 is 1.62. The predicted molar refractivity (Wildman–Crippen MR) is 115 cm³/mol. The van der Waals surface area contributed by atoms with Gasteiger partial charge in [-0.1, -0.05) is 6.92 Å². The maximum atomic E-state index is 6.28. The second kappa shape index (κ2) is 6.88. The van der Waals surface area contributed by atoms with Gasteiger partial charge >= 0.3 is 0 Å². The van der Waals surface area contributed by atoms with Gasteiger partial charge in [-0.25, -0.2) is 9.97 Å². The third-order valence-electron chi connectivity index (χ3n) is 5.64. The molecule has 5 rings (SSSR count). The van der Waals surface area contributed by atoms with E-state index in [0.717, 1.165) is 62.0 Å². The van der Waals surface area contributed by atoms with Crippen LogP contribution in [0.2, 0.25) is 0 Å². The molecule has 1 fully saturated rings. The van der Waals surface area contributed by atoms with Gasteiger partial charge in [-0.3, -0.25) is 4.98 Å². The van der Waals surface area contributed by atoms with Crippen LogP contribution in [0.5, 0.6) is 5.75 Å². The maximum Gasteiger partial charge on any atom is 0.150 e. The topological polar surface area (TPSA) is 76.9 Å². The highest BCUT2D eigenvalue weighted by atomic mass is 32.1. The number of aromatic nitrogens is 5. The number of rotatable bonds is 3. The Hall–Kier alpha value is -2.87. The first-order chi connectivity index (χ1) is 14.0. The van der Waals surface area contributed by atoms with Crippen LogP contribution in [0.1, 0.15) is 23.9 Å². The van der Waals surface area contributed by atoms with Crippen LogP contribution in [0, 0.1) is 26.7 Å². The first-order valence-corrected chi connectivity index (χ1v) is 10.5. The zero-order valence-electron chi connectivity index (χ0n) is 16.9. The second-order valence-corrected chi connectivity index (χ2v) is 8.74. The molecule has 0 saturated carbocycles. The van der Waals surface area contributed by atoms with E-state index in [-0.39, 0.29) is 6.10 Å². The van der Waals surface area contributed by atoms with Gasteiger partial charge in [-0.05, 0) is 32.4 Å². The summed E-state index contributed by atoms with van der Waals surface area (Å²) in [4.78, 5) is 16.7. The lowest BCUT2D eigenvalue weighted by Gasteiger charge is -2.18. The van der Waals surface area contributed by atoms with Crippen molar-refractivity contribution in [3.63, 3.8) is 0 Å². The first kappa shape index (κ1) is 18.2. The number of fused-ring (bicyclic) bond motifs is 3. The highest BCUT2D eigenvalue weighted by Gasteiger charge is 2.33. The number of ether oxygens (including phenoxy) is 1. The van der Waals surface area contributed by atoms with Gasteiger partial charge in [0.05, 0.1) is 22.5 Å². The van der Waals surface area contributed by atoms with Crippen molar-refractivity contribution in [2.24, 2.45) is 5.92 Å². The van der Waals surface area contributed by atoms with Crippen LogP contribution in [-0.2, 0) is 0 Å². The molecule has 7 nitrogen and oxygen atoms in total. The molecule has 1 aliphatic heterocycles. The summed E-state index contributed by atoms with van der Waals surface area (Å²) in [6.07, 6.45) is 3.54. The van der Waals surface area contributed by atoms with Crippen molar-refractivity contribution in [1.29, 1.82) is 0 Å². The van der Waals surface area contributed by atoms with Crippen molar-refractivity contribution in [3.8, 4) is 5.75 Å². The van der Waals surface area contributed by atoms with Crippen molar-refractivity contribution >= 4 is 37.6 Å². The molecule has 4 aromatic heterocycles. The highest BCUT2D eigenvalue weighted by Crippen LogP contribution is 2.39. The monoisotopic (exact) mass is 406 g/mol. The zero-order valence-corrected chi connectivity index (χ0v) is 17.7. The lowest BCUT2D eigenvalue weighted by atomic mass is 10.1. The van der Waals surface area contributed by atoms with Crippen molar-refractivity contribution < 1.29 is 4.74 Å². The molecule has 1 saturated heterocycles. The number of hydrogen-bond donors (Lipinski definition) is 0. The standard InChI is InChI=1S/C21H22N6OS/c1-11-8-27(9-16(11)28-15-5-6-22-12(2)7-15)20-19-18(23-10-24-20)17-13(3)14(4)25-26-21(17)29-19/h5-7,10-11,16H,8-9H2,1-4H3/t11-,16-/m0/s1. The molecule has 0 unspecified atom stereocenters. The van der Waals surface area contributed by atoms with Crippen LogP contribution in [-0.4, -0.2) is 44.3 Å². The molecule has 8 heteroatoms. The minimum atomic E-state index is 0.0972. The third kappa shape index (κ3) is 3.07. The van der Waals surface area contributed by atoms with E-state index in [4.69, 9.17) is 4.74 Å². The summed E-state index contributed by atoms with van der Waals surface area (Å²) in [5.74, 6) is 2.21. The first-order valence-electron chi connectivity index (χ1n) is 9.72. The van der Waals surface area contributed by atoms with Gasteiger partial charge in [0.15, 0.2) is 0 Å². The Morgan fingerprint density at radius 1 is 1.10 bits per heavy atom. The fraction of sp³-hybridized carbons (Fsp3) is 0.381. The van der Waals surface area contributed by atoms with E-state index in [0.29, 0.717) is 5.92 Å². The molecule has 0 aliphatic carbocycles. The molecular formula is C21H22N6OS. The van der Waals surface area contributed by atoms with Crippen molar-refractivity contribution in [2.75, 3.05) is 18.0 Å². The fourth-order valence-electron chi connectivity index (χ4n) is 3.93. The molecule has 148 valence electrons. The molecule has 0 aromatic carbocycles. The molecule has 0 N–H and O–H groups in total. The molecule has 0 amide bonds. The summed E-state index contributed by atoms with van der Waals surface area (Å²) in [6, 6.07) is 3.90. The van der Waals surface area contributed by atoms with Gasteiger partial charge in [0.2, 0.25) is 0 Å². The van der Waals surface area contributed by atoms with Crippen LogP contribution in [0.4, 0.5) is 5.82 Å². The predicted octanol–water partition coefficient (Wildman–Crippen LogP) is 3.86. The van der Waals surface area contributed by atoms with Crippen LogP contribution in [0.25, 0.3) is 20.4 Å². The van der Waals surface area contributed by atoms with E-state index < -0.39 is 0 Å². The Kier molecular flexibility index (Phi) is 4.31. The van der Waals surface area contributed by atoms with Gasteiger partial charge in [0.25, 0.3) is 0 Å². The average molecular weight is 407 g/mol. The summed E-state index contributed by atoms with van der Waals surface area (Å²) in [5.41, 5.74) is 4.00. The van der Waals surface area contributed by atoms with Gasteiger partial charge < -0.3 is 9.64 Å². The van der Waals surface area contributed by atoms with Gasteiger partial charge in [0.1, 0.15) is 28.8 Å². The lowest BCUT2D eigenvalue weighted by Crippen LogP contribution is -2.26. The van der Waals surface area contributed by atoms with Crippen molar-refractivity contribution in [2.45, 2.75) is 33.8 Å². The van der Waals surface area contributed by atoms with Gasteiger partial charge in [-0.2, -0.15) is 5.10 Å². The largest absolute Gasteiger partial charge is 0.488 e. The molecule has 0 radical (unpaired) electrons. The van der Waals surface area contributed by atoms with Crippen LogP contribution >= 0.6 is 11.3 Å². The van der Waals surface area contributed by atoms with E-state index in [9.17, 15) is 0 Å². The van der Waals surface area contributed by atoms with E-state index in [1.54, 1.807) is 23.9 Å². The van der Waals surface area contributed by atoms with Crippen molar-refractivity contribution in [3.05, 3.63) is 41.6 Å². The van der Waals surface area contributed by atoms with Crippen molar-refractivity contribution in [1.82, 2.24) is 25.1 Å². The number of hydrogen-bond acceptors (Lipinski definition) is 8. The van der Waals surface area contributed by atoms with Crippen LogP contribution < -0.4 is 9.64 Å². The Bertz CT molecular complexity index is 1220. The molecule has 2 atom stereocenters. The molecule has 5 heterocycles. The molecule has 0 bridgehead atoms. The lowest BCUT2D eigenvalue weighted by molar-refractivity contribution is 0.183. The Labute approximate surface area is 172 Å². The molecule has 0 spiro atoms. The minimum Gasteiger partial charge on any atom is -0.488 e. The van der Waals surface area contributed by atoms with E-state index >= 15 is 0 Å².